The molecule has 0 amide bonds. The van der Waals surface area contributed by atoms with Crippen molar-refractivity contribution in [3.63, 3.8) is 0 Å². The van der Waals surface area contributed by atoms with Gasteiger partial charge < -0.3 is 11.1 Å². The zero-order valence-corrected chi connectivity index (χ0v) is 12.9. The van der Waals surface area contributed by atoms with Crippen LogP contribution in [-0.4, -0.2) is 9.97 Å². The van der Waals surface area contributed by atoms with Crippen LogP contribution in [0, 0.1) is 0 Å². The lowest BCUT2D eigenvalue weighted by atomic mass is 10.2. The number of thiazole rings is 1. The van der Waals surface area contributed by atoms with E-state index in [1.165, 1.54) is 0 Å². The Kier molecular flexibility index (Phi) is 4.31. The van der Waals surface area contributed by atoms with Crippen LogP contribution >= 0.6 is 39.5 Å². The molecule has 0 fully saturated rings. The summed E-state index contributed by atoms with van der Waals surface area (Å²) in [4.78, 5) is 4.67. The van der Waals surface area contributed by atoms with Crippen molar-refractivity contribution >= 4 is 50.2 Å². The summed E-state index contributed by atoms with van der Waals surface area (Å²) in [6.07, 6.45) is 1.81. The van der Waals surface area contributed by atoms with E-state index in [-0.39, 0.29) is 6.04 Å². The van der Waals surface area contributed by atoms with Gasteiger partial charge in [-0.25, -0.2) is 4.98 Å². The number of hydrogen-bond donors (Lipinski definition) is 2. The topological polar surface area (TPSA) is 50.9 Å². The van der Waals surface area contributed by atoms with Gasteiger partial charge in [-0.05, 0) is 41.1 Å². The second kappa shape index (κ2) is 5.77. The summed E-state index contributed by atoms with van der Waals surface area (Å²) in [5.41, 5.74) is 7.46. The molecule has 1 atom stereocenters. The second-order valence-electron chi connectivity index (χ2n) is 3.80. The van der Waals surface area contributed by atoms with Crippen LogP contribution in [0.4, 0.5) is 5.69 Å². The van der Waals surface area contributed by atoms with Gasteiger partial charge in [0.2, 0.25) is 0 Å². The molecule has 18 heavy (non-hydrogen) atoms. The third kappa shape index (κ3) is 3.07. The van der Waals surface area contributed by atoms with Gasteiger partial charge in [0.25, 0.3) is 0 Å². The first-order valence-electron chi connectivity index (χ1n) is 5.33. The number of anilines is 1. The van der Waals surface area contributed by atoms with Gasteiger partial charge in [0.15, 0.2) is 0 Å². The van der Waals surface area contributed by atoms with Crippen molar-refractivity contribution in [3.05, 3.63) is 44.8 Å². The van der Waals surface area contributed by atoms with E-state index in [0.29, 0.717) is 4.99 Å². The monoisotopic (exact) mass is 341 g/mol. The first-order chi connectivity index (χ1) is 8.58. The van der Waals surface area contributed by atoms with Crippen molar-refractivity contribution in [3.8, 4) is 0 Å². The molecular weight excluding hydrogens is 330 g/mol. The van der Waals surface area contributed by atoms with E-state index >= 15 is 0 Å². The van der Waals surface area contributed by atoms with Crippen LogP contribution in [0.3, 0.4) is 0 Å². The highest BCUT2D eigenvalue weighted by Crippen LogP contribution is 2.25. The summed E-state index contributed by atoms with van der Waals surface area (Å²) < 4.78 is 0.895. The summed E-state index contributed by atoms with van der Waals surface area (Å²) in [6.45, 7) is 2.08. The summed E-state index contributed by atoms with van der Waals surface area (Å²) in [5, 5.41) is 6.42. The lowest BCUT2D eigenvalue weighted by molar-refractivity contribution is 0.869. The molecule has 6 heteroatoms. The standard InChI is InChI=1S/C12H12BrN3S2/c1-7(12-15-4-5-18-12)16-8-2-3-9(11(14)17)10(13)6-8/h2-7,16H,1H3,(H2,14,17). The van der Waals surface area contributed by atoms with E-state index in [1.54, 1.807) is 11.3 Å². The van der Waals surface area contributed by atoms with Gasteiger partial charge in [-0.2, -0.15) is 0 Å². The van der Waals surface area contributed by atoms with Gasteiger partial charge in [0, 0.05) is 27.3 Å². The van der Waals surface area contributed by atoms with Crippen molar-refractivity contribution in [2.24, 2.45) is 5.73 Å². The van der Waals surface area contributed by atoms with Crippen LogP contribution in [-0.2, 0) is 0 Å². The maximum Gasteiger partial charge on any atom is 0.115 e. The smallest absolute Gasteiger partial charge is 0.115 e. The highest BCUT2D eigenvalue weighted by atomic mass is 79.9. The lowest BCUT2D eigenvalue weighted by Gasteiger charge is -2.14. The Bertz CT molecular complexity index is 554. The molecule has 94 valence electrons. The van der Waals surface area contributed by atoms with E-state index in [9.17, 15) is 0 Å². The van der Waals surface area contributed by atoms with Gasteiger partial charge in [-0.15, -0.1) is 11.3 Å². The number of nitrogens with two attached hydrogens (primary N) is 1. The van der Waals surface area contributed by atoms with Crippen molar-refractivity contribution in [2.75, 3.05) is 5.32 Å². The fourth-order valence-corrected chi connectivity index (χ4v) is 3.11. The molecule has 1 unspecified atom stereocenters. The number of benzene rings is 1. The van der Waals surface area contributed by atoms with Crippen molar-refractivity contribution in [2.45, 2.75) is 13.0 Å². The fourth-order valence-electron chi connectivity index (χ4n) is 1.56. The van der Waals surface area contributed by atoms with Crippen LogP contribution in [0.2, 0.25) is 0 Å². The summed E-state index contributed by atoms with van der Waals surface area (Å²) in [7, 11) is 0. The first kappa shape index (κ1) is 13.5. The Morgan fingerprint density at radius 2 is 2.33 bits per heavy atom. The molecule has 0 aliphatic carbocycles. The molecule has 0 bridgehead atoms. The van der Waals surface area contributed by atoms with Crippen LogP contribution < -0.4 is 11.1 Å². The molecule has 3 nitrogen and oxygen atoms in total. The first-order valence-corrected chi connectivity index (χ1v) is 7.41. The quantitative estimate of drug-likeness (QED) is 0.832. The Hall–Kier alpha value is -0.980. The maximum absolute atomic E-state index is 5.62. The summed E-state index contributed by atoms with van der Waals surface area (Å²) >= 11 is 10.1. The predicted molar refractivity (Wildman–Crippen MR) is 84.2 cm³/mol. The zero-order chi connectivity index (χ0) is 13.1. The van der Waals surface area contributed by atoms with E-state index in [1.807, 2.05) is 29.8 Å². The van der Waals surface area contributed by atoms with Gasteiger partial charge >= 0.3 is 0 Å². The highest BCUT2D eigenvalue weighted by molar-refractivity contribution is 9.10. The Labute approximate surface area is 124 Å². The highest BCUT2D eigenvalue weighted by Gasteiger charge is 2.09. The minimum atomic E-state index is 0.174. The molecule has 0 saturated heterocycles. The molecule has 0 radical (unpaired) electrons. The zero-order valence-electron chi connectivity index (χ0n) is 9.68. The Morgan fingerprint density at radius 1 is 1.56 bits per heavy atom. The molecule has 2 aromatic rings. The number of thiocarbonyl (C=S) groups is 1. The number of hydrogen-bond acceptors (Lipinski definition) is 4. The number of nitrogens with zero attached hydrogens (tertiary/aromatic N) is 1. The average molecular weight is 342 g/mol. The molecule has 0 spiro atoms. The number of halogens is 1. The number of aromatic nitrogens is 1. The normalized spacial score (nSPS) is 12.1. The SMILES string of the molecule is CC(Nc1ccc(C(N)=S)c(Br)c1)c1nccs1. The maximum atomic E-state index is 5.62. The minimum absolute atomic E-state index is 0.174. The molecular formula is C12H12BrN3S2. The second-order valence-corrected chi connectivity index (χ2v) is 6.02. The third-order valence-corrected chi connectivity index (χ3v) is 4.27. The minimum Gasteiger partial charge on any atom is -0.389 e. The van der Waals surface area contributed by atoms with Crippen LogP contribution in [0.25, 0.3) is 0 Å². The molecule has 3 N–H and O–H groups in total. The van der Waals surface area contributed by atoms with Gasteiger partial charge in [0.1, 0.15) is 10.00 Å². The molecule has 1 aromatic carbocycles. The van der Waals surface area contributed by atoms with E-state index in [0.717, 1.165) is 20.7 Å². The lowest BCUT2D eigenvalue weighted by Crippen LogP contribution is -2.11. The van der Waals surface area contributed by atoms with E-state index in [4.69, 9.17) is 18.0 Å². The predicted octanol–water partition coefficient (Wildman–Crippen LogP) is 3.71. The van der Waals surface area contributed by atoms with Crippen molar-refractivity contribution in [1.29, 1.82) is 0 Å². The molecule has 1 heterocycles. The summed E-state index contributed by atoms with van der Waals surface area (Å²) in [6, 6.07) is 6.01. The largest absolute Gasteiger partial charge is 0.389 e. The van der Waals surface area contributed by atoms with Crippen molar-refractivity contribution in [1.82, 2.24) is 4.98 Å². The van der Waals surface area contributed by atoms with Crippen LogP contribution in [0.1, 0.15) is 23.5 Å². The van der Waals surface area contributed by atoms with Crippen LogP contribution in [0.5, 0.6) is 0 Å². The van der Waals surface area contributed by atoms with Gasteiger partial charge in [-0.3, -0.25) is 0 Å². The Balaban J connectivity index is 2.15. The fraction of sp³-hybridized carbons (Fsp3) is 0.167. The van der Waals surface area contributed by atoms with Gasteiger partial charge in [-0.1, -0.05) is 12.2 Å². The Morgan fingerprint density at radius 3 is 2.89 bits per heavy atom. The number of rotatable bonds is 4. The summed E-state index contributed by atoms with van der Waals surface area (Å²) in [5.74, 6) is 0. The molecule has 2 rings (SSSR count). The third-order valence-electron chi connectivity index (χ3n) is 2.44. The van der Waals surface area contributed by atoms with E-state index in [2.05, 4.69) is 33.2 Å². The van der Waals surface area contributed by atoms with Gasteiger partial charge in [0.05, 0.1) is 6.04 Å². The van der Waals surface area contributed by atoms with Crippen LogP contribution in [0.15, 0.2) is 34.2 Å². The van der Waals surface area contributed by atoms with E-state index < -0.39 is 0 Å². The molecule has 0 aliphatic heterocycles. The van der Waals surface area contributed by atoms with Crippen molar-refractivity contribution < 1.29 is 0 Å². The molecule has 1 aromatic heterocycles. The average Bonchev–Trinajstić information content (AvgIpc) is 2.81. The number of nitrogens with one attached hydrogen (secondary N) is 1. The molecule has 0 aliphatic rings. The molecule has 0 saturated carbocycles.